The van der Waals surface area contributed by atoms with Crippen LogP contribution in [0.4, 0.5) is 11.1 Å². The molecular weight excluding hydrogens is 394 g/mol. The van der Waals surface area contributed by atoms with Crippen LogP contribution in [-0.2, 0) is 0 Å². The zero-order chi connectivity index (χ0) is 20.2. The number of benzene rings is 1. The normalized spacial score (nSPS) is 23.4. The van der Waals surface area contributed by atoms with Crippen molar-refractivity contribution in [2.24, 2.45) is 11.8 Å². The van der Waals surface area contributed by atoms with Crippen molar-refractivity contribution in [3.63, 3.8) is 0 Å². The van der Waals surface area contributed by atoms with Crippen LogP contribution in [0.3, 0.4) is 0 Å². The first-order valence-electron chi connectivity index (χ1n) is 10.4. The van der Waals surface area contributed by atoms with Crippen LogP contribution in [0.5, 0.6) is 0 Å². The first-order valence-corrected chi connectivity index (χ1v) is 11.2. The van der Waals surface area contributed by atoms with Gasteiger partial charge in [-0.25, -0.2) is 9.50 Å². The zero-order valence-electron chi connectivity index (χ0n) is 16.8. The Morgan fingerprint density at radius 2 is 1.77 bits per heavy atom. The van der Waals surface area contributed by atoms with E-state index in [2.05, 4.69) is 48.6 Å². The van der Waals surface area contributed by atoms with Gasteiger partial charge < -0.3 is 10.6 Å². The van der Waals surface area contributed by atoms with Crippen LogP contribution in [0.1, 0.15) is 30.1 Å². The van der Waals surface area contributed by atoms with Gasteiger partial charge in [-0.15, -0.1) is 5.10 Å². The largest absolute Gasteiger partial charge is 0.366 e. The van der Waals surface area contributed by atoms with E-state index in [1.54, 1.807) is 0 Å². The average molecular weight is 418 g/mol. The summed E-state index contributed by atoms with van der Waals surface area (Å²) in [7, 11) is 0. The number of nitrogens with two attached hydrogens (primary N) is 1. The summed E-state index contributed by atoms with van der Waals surface area (Å²) < 4.78 is 6.31. The molecule has 2 atom stereocenters. The zero-order valence-corrected chi connectivity index (χ0v) is 17.6. The van der Waals surface area contributed by atoms with E-state index >= 15 is 0 Å². The van der Waals surface area contributed by atoms with Gasteiger partial charge in [0.2, 0.25) is 11.1 Å². The monoisotopic (exact) mass is 417 g/mol. The molecule has 0 spiro atoms. The number of hydrogen-bond donors (Lipinski definition) is 1. The predicted octanol–water partition coefficient (Wildman–Crippen LogP) is 3.77. The average Bonchev–Trinajstić information content (AvgIpc) is 3.43. The third kappa shape index (κ3) is 2.78. The van der Waals surface area contributed by atoms with Crippen molar-refractivity contribution in [2.75, 3.05) is 23.7 Å². The Morgan fingerprint density at radius 3 is 2.47 bits per heavy atom. The summed E-state index contributed by atoms with van der Waals surface area (Å²) in [6.45, 7) is 4.00. The Kier molecular flexibility index (Phi) is 4.02. The molecule has 0 radical (unpaired) electrons. The number of anilines is 2. The summed E-state index contributed by atoms with van der Waals surface area (Å²) in [5.74, 6) is 2.83. The molecule has 4 heterocycles. The van der Waals surface area contributed by atoms with Crippen LogP contribution >= 0.6 is 11.5 Å². The van der Waals surface area contributed by atoms with Gasteiger partial charge in [-0.1, -0.05) is 36.4 Å². The fraction of sp³-hybridized carbons (Fsp3) is 0.364. The quantitative estimate of drug-likeness (QED) is 0.546. The van der Waals surface area contributed by atoms with Crippen LogP contribution in [-0.4, -0.2) is 37.0 Å². The number of hydrogen-bond acceptors (Lipinski definition) is 7. The lowest BCUT2D eigenvalue weighted by molar-refractivity contribution is 0.357. The molecule has 152 valence electrons. The number of nitrogen functional groups attached to an aromatic ring is 1. The van der Waals surface area contributed by atoms with Gasteiger partial charge in [-0.2, -0.15) is 9.36 Å². The van der Waals surface area contributed by atoms with Crippen molar-refractivity contribution in [3.05, 3.63) is 53.9 Å². The predicted molar refractivity (Wildman–Crippen MR) is 119 cm³/mol. The van der Waals surface area contributed by atoms with Crippen LogP contribution < -0.4 is 10.6 Å². The molecule has 1 saturated carbocycles. The van der Waals surface area contributed by atoms with Crippen molar-refractivity contribution in [1.82, 2.24) is 24.0 Å². The highest BCUT2D eigenvalue weighted by Crippen LogP contribution is 2.50. The number of piperidine rings is 1. The minimum absolute atomic E-state index is 0.328. The summed E-state index contributed by atoms with van der Waals surface area (Å²) in [6.07, 6.45) is 2.47. The van der Waals surface area contributed by atoms with Gasteiger partial charge >= 0.3 is 0 Å². The van der Waals surface area contributed by atoms with E-state index in [4.69, 9.17) is 5.73 Å². The second-order valence-electron chi connectivity index (χ2n) is 8.40. The highest BCUT2D eigenvalue weighted by atomic mass is 32.1. The number of fused-ring (bicyclic) bond motifs is 3. The van der Waals surface area contributed by atoms with Gasteiger partial charge in [0.05, 0.1) is 5.69 Å². The summed E-state index contributed by atoms with van der Waals surface area (Å²) in [5.41, 5.74) is 10.4. The molecule has 1 aliphatic heterocycles. The number of aromatic nitrogens is 5. The lowest BCUT2D eigenvalue weighted by Gasteiger charge is -2.38. The Balaban J connectivity index is 1.40. The van der Waals surface area contributed by atoms with Crippen molar-refractivity contribution in [2.45, 2.75) is 25.7 Å². The molecule has 30 heavy (non-hydrogen) atoms. The lowest BCUT2D eigenvalue weighted by Crippen LogP contribution is -2.41. The Labute approximate surface area is 178 Å². The maximum atomic E-state index is 6.06. The molecule has 1 aliphatic carbocycles. The highest BCUT2D eigenvalue weighted by Gasteiger charge is 2.44. The molecule has 1 saturated heterocycles. The van der Waals surface area contributed by atoms with Gasteiger partial charge in [0.1, 0.15) is 5.82 Å². The lowest BCUT2D eigenvalue weighted by atomic mass is 9.80. The molecule has 1 aromatic carbocycles. The van der Waals surface area contributed by atoms with E-state index in [0.717, 1.165) is 41.0 Å². The molecule has 2 aliphatic rings. The molecule has 2 N–H and O–H groups in total. The third-order valence-electron chi connectivity index (χ3n) is 6.58. The highest BCUT2D eigenvalue weighted by molar-refractivity contribution is 7.09. The van der Waals surface area contributed by atoms with Crippen molar-refractivity contribution in [1.29, 1.82) is 0 Å². The molecule has 4 aromatic rings. The van der Waals surface area contributed by atoms with Crippen molar-refractivity contribution in [3.8, 4) is 11.3 Å². The summed E-state index contributed by atoms with van der Waals surface area (Å²) >= 11 is 1.51. The summed E-state index contributed by atoms with van der Waals surface area (Å²) in [5, 5.41) is 5.59. The maximum Gasteiger partial charge on any atom is 0.240 e. The molecule has 2 bridgehead atoms. The smallest absolute Gasteiger partial charge is 0.240 e. The Hall–Kier alpha value is -3.00. The van der Waals surface area contributed by atoms with Crippen molar-refractivity contribution >= 4 is 28.3 Å². The summed E-state index contributed by atoms with van der Waals surface area (Å²) in [4.78, 5) is 11.7. The third-order valence-corrected chi connectivity index (χ3v) is 7.45. The summed E-state index contributed by atoms with van der Waals surface area (Å²) in [6, 6.07) is 14.7. The van der Waals surface area contributed by atoms with Gasteiger partial charge in [0.15, 0.2) is 5.65 Å². The van der Waals surface area contributed by atoms with Crippen LogP contribution in [0.15, 0.2) is 42.5 Å². The van der Waals surface area contributed by atoms with Gasteiger partial charge in [0.25, 0.3) is 0 Å². The molecule has 0 amide bonds. The first-order chi connectivity index (χ1) is 14.7. The molecule has 2 unspecified atom stereocenters. The Bertz CT molecular complexity index is 1200. The number of nitrogens with zero attached hydrogens (tertiary/aromatic N) is 6. The van der Waals surface area contributed by atoms with Crippen LogP contribution in [0, 0.1) is 18.8 Å². The fourth-order valence-electron chi connectivity index (χ4n) is 5.39. The topological polar surface area (TPSA) is 85.2 Å². The molecule has 6 rings (SSSR count). The van der Waals surface area contributed by atoms with Gasteiger partial charge in [-0.3, -0.25) is 0 Å². The molecule has 7 nitrogen and oxygen atoms in total. The number of pyridine rings is 1. The first kappa shape index (κ1) is 17.8. The van der Waals surface area contributed by atoms with Gasteiger partial charge in [0, 0.05) is 35.7 Å². The van der Waals surface area contributed by atoms with E-state index in [0.29, 0.717) is 23.7 Å². The van der Waals surface area contributed by atoms with E-state index in [1.807, 2.05) is 29.6 Å². The Morgan fingerprint density at radius 1 is 1.00 bits per heavy atom. The second kappa shape index (κ2) is 6.77. The molecular formula is C22H23N7S. The standard InChI is InChI=1S/C22H23N7S/c1-13-24-22(30-27-13)28-11-15-7-8-16(12-28)19(15)17-9-10-18(14-5-3-2-4-6-14)29-20(17)25-21(23)26-29/h2-6,9-10,15-16,19H,7-8,11-12H2,1H3,(H2,23,26). The fourth-order valence-corrected chi connectivity index (χ4v) is 6.08. The SMILES string of the molecule is Cc1nsc(N2CC3CCC(C2)C3c2ccc(-c3ccccc3)n3nc(N)nc23)n1. The van der Waals surface area contributed by atoms with Crippen molar-refractivity contribution < 1.29 is 0 Å². The maximum absolute atomic E-state index is 6.06. The minimum Gasteiger partial charge on any atom is -0.366 e. The van der Waals surface area contributed by atoms with Gasteiger partial charge in [-0.05, 0) is 43.6 Å². The van der Waals surface area contributed by atoms with E-state index in [1.165, 1.54) is 29.9 Å². The molecule has 8 heteroatoms. The molecule has 3 aromatic heterocycles. The second-order valence-corrected chi connectivity index (χ2v) is 9.13. The van der Waals surface area contributed by atoms with E-state index in [9.17, 15) is 0 Å². The van der Waals surface area contributed by atoms with Crippen LogP contribution in [0.2, 0.25) is 0 Å². The molecule has 2 fully saturated rings. The number of aryl methyl sites for hydroxylation is 1. The van der Waals surface area contributed by atoms with E-state index < -0.39 is 0 Å². The van der Waals surface area contributed by atoms with Crippen LogP contribution in [0.25, 0.3) is 16.9 Å². The minimum atomic E-state index is 0.328. The van der Waals surface area contributed by atoms with E-state index in [-0.39, 0.29) is 0 Å². The number of rotatable bonds is 3.